The van der Waals surface area contributed by atoms with Crippen LogP contribution in [-0.2, 0) is 6.42 Å². The average molecular weight is 247 g/mol. The molecular formula is C15H25N3. The van der Waals surface area contributed by atoms with Crippen molar-refractivity contribution in [2.45, 2.75) is 64.5 Å². The maximum absolute atomic E-state index is 4.72. The lowest BCUT2D eigenvalue weighted by Gasteiger charge is -2.36. The fourth-order valence-corrected chi connectivity index (χ4v) is 3.78. The molecule has 3 heteroatoms. The quantitative estimate of drug-likeness (QED) is 0.869. The number of aromatic nitrogens is 2. The fourth-order valence-electron chi connectivity index (χ4n) is 3.78. The van der Waals surface area contributed by atoms with E-state index in [9.17, 15) is 0 Å². The molecule has 1 atom stereocenters. The van der Waals surface area contributed by atoms with E-state index in [1.165, 1.54) is 49.8 Å². The summed E-state index contributed by atoms with van der Waals surface area (Å²) >= 11 is 0. The van der Waals surface area contributed by atoms with Gasteiger partial charge in [-0.3, -0.25) is 4.68 Å². The second kappa shape index (κ2) is 4.37. The summed E-state index contributed by atoms with van der Waals surface area (Å²) in [5, 5.41) is 8.19. The molecule has 0 bridgehead atoms. The summed E-state index contributed by atoms with van der Waals surface area (Å²) < 4.78 is 2.35. The first kappa shape index (κ1) is 12.2. The molecule has 1 fully saturated rings. The van der Waals surface area contributed by atoms with Gasteiger partial charge in [0.1, 0.15) is 0 Å². The Kier molecular flexibility index (Phi) is 2.97. The third kappa shape index (κ3) is 1.99. The zero-order valence-electron chi connectivity index (χ0n) is 11.9. The SMILES string of the molecule is CNC1CC(C)(C)Cc2c1cnn2C1CCCC1. The highest BCUT2D eigenvalue weighted by Gasteiger charge is 2.35. The third-order valence-electron chi connectivity index (χ3n) is 4.73. The van der Waals surface area contributed by atoms with E-state index in [-0.39, 0.29) is 0 Å². The number of hydrogen-bond donors (Lipinski definition) is 1. The Morgan fingerprint density at radius 1 is 1.33 bits per heavy atom. The lowest BCUT2D eigenvalue weighted by molar-refractivity contribution is 0.253. The number of nitrogens with one attached hydrogen (secondary N) is 1. The average Bonchev–Trinajstić information content (AvgIpc) is 2.94. The molecule has 0 amide bonds. The Morgan fingerprint density at radius 3 is 2.72 bits per heavy atom. The van der Waals surface area contributed by atoms with Crippen molar-refractivity contribution in [1.29, 1.82) is 0 Å². The van der Waals surface area contributed by atoms with E-state index in [0.29, 0.717) is 17.5 Å². The van der Waals surface area contributed by atoms with Gasteiger partial charge in [0, 0.05) is 17.3 Å². The maximum Gasteiger partial charge on any atom is 0.0540 e. The van der Waals surface area contributed by atoms with Crippen LogP contribution in [0.4, 0.5) is 0 Å². The van der Waals surface area contributed by atoms with E-state index in [4.69, 9.17) is 5.10 Å². The molecule has 1 unspecified atom stereocenters. The van der Waals surface area contributed by atoms with E-state index in [2.05, 4.69) is 37.1 Å². The van der Waals surface area contributed by atoms with Crippen molar-refractivity contribution < 1.29 is 0 Å². The summed E-state index contributed by atoms with van der Waals surface area (Å²) in [7, 11) is 2.07. The molecule has 0 aromatic carbocycles. The van der Waals surface area contributed by atoms with Crippen LogP contribution in [0.15, 0.2) is 6.20 Å². The van der Waals surface area contributed by atoms with Crippen LogP contribution < -0.4 is 5.32 Å². The molecule has 1 N–H and O–H groups in total. The molecule has 18 heavy (non-hydrogen) atoms. The van der Waals surface area contributed by atoms with Crippen LogP contribution in [0.1, 0.15) is 69.3 Å². The Balaban J connectivity index is 1.98. The van der Waals surface area contributed by atoms with Gasteiger partial charge in [-0.1, -0.05) is 26.7 Å². The summed E-state index contributed by atoms with van der Waals surface area (Å²) in [5.41, 5.74) is 3.33. The molecular weight excluding hydrogens is 222 g/mol. The minimum Gasteiger partial charge on any atom is -0.313 e. The Labute approximate surface area is 110 Å². The Morgan fingerprint density at radius 2 is 2.06 bits per heavy atom. The second-order valence-corrected chi connectivity index (χ2v) is 6.82. The van der Waals surface area contributed by atoms with E-state index < -0.39 is 0 Å². The molecule has 2 aliphatic rings. The van der Waals surface area contributed by atoms with Gasteiger partial charge < -0.3 is 5.32 Å². The first-order chi connectivity index (χ1) is 8.61. The van der Waals surface area contributed by atoms with Crippen LogP contribution in [0.25, 0.3) is 0 Å². The molecule has 3 nitrogen and oxygen atoms in total. The molecule has 0 saturated heterocycles. The standard InChI is InChI=1S/C15H25N3/c1-15(2)8-13(16-3)12-10-17-18(14(12)9-15)11-6-4-5-7-11/h10-11,13,16H,4-9H2,1-3H3. The number of rotatable bonds is 2. The van der Waals surface area contributed by atoms with E-state index in [1.54, 1.807) is 0 Å². The smallest absolute Gasteiger partial charge is 0.0540 e. The van der Waals surface area contributed by atoms with Crippen molar-refractivity contribution >= 4 is 0 Å². The van der Waals surface area contributed by atoms with Crippen molar-refractivity contribution in [1.82, 2.24) is 15.1 Å². The molecule has 1 aromatic rings. The molecule has 1 saturated carbocycles. The predicted molar refractivity (Wildman–Crippen MR) is 73.6 cm³/mol. The largest absolute Gasteiger partial charge is 0.313 e. The number of hydrogen-bond acceptors (Lipinski definition) is 2. The van der Waals surface area contributed by atoms with Crippen LogP contribution in [0.3, 0.4) is 0 Å². The van der Waals surface area contributed by atoms with Gasteiger partial charge in [0.05, 0.1) is 12.2 Å². The number of nitrogens with zero attached hydrogens (tertiary/aromatic N) is 2. The van der Waals surface area contributed by atoms with Crippen molar-refractivity contribution in [3.63, 3.8) is 0 Å². The summed E-state index contributed by atoms with van der Waals surface area (Å²) in [4.78, 5) is 0. The monoisotopic (exact) mass is 247 g/mol. The maximum atomic E-state index is 4.72. The van der Waals surface area contributed by atoms with Gasteiger partial charge in [0.25, 0.3) is 0 Å². The minimum absolute atomic E-state index is 0.386. The van der Waals surface area contributed by atoms with Crippen LogP contribution in [0, 0.1) is 5.41 Å². The van der Waals surface area contributed by atoms with Gasteiger partial charge in [-0.15, -0.1) is 0 Å². The summed E-state index contributed by atoms with van der Waals surface area (Å²) in [5.74, 6) is 0. The highest BCUT2D eigenvalue weighted by atomic mass is 15.3. The van der Waals surface area contributed by atoms with E-state index in [0.717, 1.165) is 0 Å². The summed E-state index contributed by atoms with van der Waals surface area (Å²) in [6, 6.07) is 1.15. The molecule has 0 spiro atoms. The summed E-state index contributed by atoms with van der Waals surface area (Å²) in [6.07, 6.45) is 9.89. The molecule has 3 rings (SSSR count). The Hall–Kier alpha value is -0.830. The zero-order chi connectivity index (χ0) is 12.8. The first-order valence-corrected chi connectivity index (χ1v) is 7.34. The minimum atomic E-state index is 0.386. The summed E-state index contributed by atoms with van der Waals surface area (Å²) in [6.45, 7) is 4.76. The first-order valence-electron chi connectivity index (χ1n) is 7.34. The molecule has 0 radical (unpaired) electrons. The van der Waals surface area contributed by atoms with Crippen LogP contribution in [0.2, 0.25) is 0 Å². The van der Waals surface area contributed by atoms with Crippen molar-refractivity contribution in [3.05, 3.63) is 17.5 Å². The van der Waals surface area contributed by atoms with Gasteiger partial charge >= 0.3 is 0 Å². The highest BCUT2D eigenvalue weighted by Crippen LogP contribution is 2.42. The van der Waals surface area contributed by atoms with Crippen LogP contribution in [-0.4, -0.2) is 16.8 Å². The van der Waals surface area contributed by atoms with E-state index >= 15 is 0 Å². The lowest BCUT2D eigenvalue weighted by atomic mass is 9.74. The van der Waals surface area contributed by atoms with Gasteiger partial charge in [-0.05, 0) is 38.1 Å². The van der Waals surface area contributed by atoms with E-state index in [1.807, 2.05) is 0 Å². The highest BCUT2D eigenvalue weighted by molar-refractivity contribution is 5.27. The fraction of sp³-hybridized carbons (Fsp3) is 0.800. The van der Waals surface area contributed by atoms with Gasteiger partial charge in [0.15, 0.2) is 0 Å². The molecule has 2 aliphatic carbocycles. The molecule has 1 heterocycles. The van der Waals surface area contributed by atoms with Crippen molar-refractivity contribution in [2.75, 3.05) is 7.05 Å². The Bertz CT molecular complexity index is 427. The molecule has 1 aromatic heterocycles. The van der Waals surface area contributed by atoms with Gasteiger partial charge in [0.2, 0.25) is 0 Å². The van der Waals surface area contributed by atoms with Crippen LogP contribution >= 0.6 is 0 Å². The van der Waals surface area contributed by atoms with Crippen molar-refractivity contribution in [3.8, 4) is 0 Å². The van der Waals surface area contributed by atoms with Crippen molar-refractivity contribution in [2.24, 2.45) is 5.41 Å². The number of fused-ring (bicyclic) bond motifs is 1. The molecule has 0 aliphatic heterocycles. The normalized spacial score (nSPS) is 27.4. The topological polar surface area (TPSA) is 29.9 Å². The zero-order valence-corrected chi connectivity index (χ0v) is 11.9. The van der Waals surface area contributed by atoms with Crippen LogP contribution in [0.5, 0.6) is 0 Å². The molecule has 100 valence electrons. The van der Waals surface area contributed by atoms with Gasteiger partial charge in [-0.25, -0.2) is 0 Å². The van der Waals surface area contributed by atoms with Gasteiger partial charge in [-0.2, -0.15) is 5.10 Å². The second-order valence-electron chi connectivity index (χ2n) is 6.82. The third-order valence-corrected chi connectivity index (χ3v) is 4.73. The lowest BCUT2D eigenvalue weighted by Crippen LogP contribution is -2.32. The predicted octanol–water partition coefficient (Wildman–Crippen LogP) is 3.23.